The molecule has 3 rings (SSSR count). The first-order valence-electron chi connectivity index (χ1n) is 7.76. The normalized spacial score (nSPS) is 19.1. The Bertz CT molecular complexity index is 699. The highest BCUT2D eigenvalue weighted by atomic mass is 35.5. The number of carbonyl (C=O) groups excluding carboxylic acids is 1. The number of carbonyl (C=O) groups is 1. The Hall–Kier alpha value is -1.85. The number of aliphatic hydroxyl groups excluding tert-OH is 1. The van der Waals surface area contributed by atoms with Crippen LogP contribution in [0.15, 0.2) is 34.9 Å². The zero-order chi connectivity index (χ0) is 16.4. The van der Waals surface area contributed by atoms with E-state index in [4.69, 9.17) is 16.1 Å². The first kappa shape index (κ1) is 16.0. The van der Waals surface area contributed by atoms with E-state index in [2.05, 4.69) is 5.16 Å². The van der Waals surface area contributed by atoms with Gasteiger partial charge in [0.1, 0.15) is 0 Å². The molecule has 2 atom stereocenters. The highest BCUT2D eigenvalue weighted by Crippen LogP contribution is 2.27. The van der Waals surface area contributed by atoms with Crippen molar-refractivity contribution in [1.82, 2.24) is 10.1 Å². The third-order valence-corrected chi connectivity index (χ3v) is 4.32. The zero-order valence-corrected chi connectivity index (χ0v) is 13.7. The molecule has 0 aliphatic carbocycles. The molecule has 1 amide bonds. The van der Waals surface area contributed by atoms with E-state index in [9.17, 15) is 9.90 Å². The molecular weight excluding hydrogens is 316 g/mol. The number of hydrogen-bond acceptors (Lipinski definition) is 4. The highest BCUT2D eigenvalue weighted by molar-refractivity contribution is 6.30. The molecule has 2 unspecified atom stereocenters. The van der Waals surface area contributed by atoms with Crippen LogP contribution in [0.4, 0.5) is 0 Å². The molecule has 2 heterocycles. The van der Waals surface area contributed by atoms with Gasteiger partial charge < -0.3 is 14.5 Å². The summed E-state index contributed by atoms with van der Waals surface area (Å²) in [6.07, 6.45) is 2.02. The number of benzene rings is 1. The number of hydrogen-bond donors (Lipinski definition) is 1. The van der Waals surface area contributed by atoms with Crippen molar-refractivity contribution < 1.29 is 14.4 Å². The van der Waals surface area contributed by atoms with Gasteiger partial charge in [-0.3, -0.25) is 4.79 Å². The highest BCUT2D eigenvalue weighted by Gasteiger charge is 2.31. The second-order valence-corrected chi connectivity index (χ2v) is 6.40. The van der Waals surface area contributed by atoms with E-state index in [0.29, 0.717) is 23.7 Å². The van der Waals surface area contributed by atoms with Crippen LogP contribution in [0.2, 0.25) is 5.02 Å². The number of rotatable bonds is 4. The van der Waals surface area contributed by atoms with Gasteiger partial charge >= 0.3 is 0 Å². The first-order chi connectivity index (χ1) is 11.0. The molecule has 0 spiro atoms. The minimum Gasteiger partial charge on any atom is -0.393 e. The summed E-state index contributed by atoms with van der Waals surface area (Å²) in [5.74, 6) is 0.368. The van der Waals surface area contributed by atoms with Gasteiger partial charge in [-0.15, -0.1) is 0 Å². The fourth-order valence-electron chi connectivity index (χ4n) is 3.04. The molecule has 0 bridgehead atoms. The van der Waals surface area contributed by atoms with Gasteiger partial charge in [0, 0.05) is 29.2 Å². The standard InChI is InChI=1S/C17H19ClN2O3/c1-11(21)8-14-6-3-7-20(14)17(22)15-10-16(23-19-15)12-4-2-5-13(18)9-12/h2,4-5,9-11,14,21H,3,6-8H2,1H3. The maximum atomic E-state index is 12.6. The summed E-state index contributed by atoms with van der Waals surface area (Å²) in [5, 5.41) is 14.1. The number of nitrogens with zero attached hydrogens (tertiary/aromatic N) is 2. The van der Waals surface area contributed by atoms with Crippen molar-refractivity contribution in [1.29, 1.82) is 0 Å². The molecule has 5 nitrogen and oxygen atoms in total. The Labute approximate surface area is 139 Å². The van der Waals surface area contributed by atoms with Crippen molar-refractivity contribution in [3.8, 4) is 11.3 Å². The molecule has 1 N–H and O–H groups in total. The van der Waals surface area contributed by atoms with E-state index in [1.807, 2.05) is 12.1 Å². The van der Waals surface area contributed by atoms with Crippen LogP contribution in [-0.2, 0) is 0 Å². The Morgan fingerprint density at radius 3 is 3.09 bits per heavy atom. The van der Waals surface area contributed by atoms with Crippen LogP contribution in [0.3, 0.4) is 0 Å². The van der Waals surface area contributed by atoms with Crippen LogP contribution in [0.25, 0.3) is 11.3 Å². The Balaban J connectivity index is 1.78. The van der Waals surface area contributed by atoms with Gasteiger partial charge in [-0.25, -0.2) is 0 Å². The van der Waals surface area contributed by atoms with E-state index in [1.54, 1.807) is 30.0 Å². The maximum Gasteiger partial charge on any atom is 0.276 e. The average Bonchev–Trinajstić information content (AvgIpc) is 3.15. The van der Waals surface area contributed by atoms with Gasteiger partial charge in [0.05, 0.1) is 6.10 Å². The lowest BCUT2D eigenvalue weighted by Crippen LogP contribution is -2.37. The Morgan fingerprint density at radius 1 is 1.52 bits per heavy atom. The molecule has 1 aromatic heterocycles. The molecular formula is C17H19ClN2O3. The fourth-order valence-corrected chi connectivity index (χ4v) is 3.23. The quantitative estimate of drug-likeness (QED) is 0.931. The van der Waals surface area contributed by atoms with Crippen molar-refractivity contribution >= 4 is 17.5 Å². The molecule has 1 fully saturated rings. The summed E-state index contributed by atoms with van der Waals surface area (Å²) >= 11 is 5.97. The minimum atomic E-state index is -0.423. The lowest BCUT2D eigenvalue weighted by Gasteiger charge is -2.24. The summed E-state index contributed by atoms with van der Waals surface area (Å²) in [5.41, 5.74) is 1.07. The van der Waals surface area contributed by atoms with Gasteiger partial charge in [-0.1, -0.05) is 28.9 Å². The second-order valence-electron chi connectivity index (χ2n) is 5.97. The fraction of sp³-hybridized carbons (Fsp3) is 0.412. The summed E-state index contributed by atoms with van der Waals surface area (Å²) in [6.45, 7) is 2.43. The smallest absolute Gasteiger partial charge is 0.276 e. The van der Waals surface area contributed by atoms with Crippen molar-refractivity contribution in [2.45, 2.75) is 38.3 Å². The topological polar surface area (TPSA) is 66.6 Å². The number of aliphatic hydroxyl groups is 1. The number of halogens is 1. The van der Waals surface area contributed by atoms with Crippen molar-refractivity contribution in [3.63, 3.8) is 0 Å². The van der Waals surface area contributed by atoms with Crippen molar-refractivity contribution in [2.75, 3.05) is 6.54 Å². The van der Waals surface area contributed by atoms with Gasteiger partial charge in [-0.05, 0) is 38.3 Å². The SMILES string of the molecule is CC(O)CC1CCCN1C(=O)c1cc(-c2cccc(Cl)c2)on1. The van der Waals surface area contributed by atoms with Gasteiger partial charge in [0.25, 0.3) is 5.91 Å². The molecule has 1 saturated heterocycles. The maximum absolute atomic E-state index is 12.6. The molecule has 0 saturated carbocycles. The monoisotopic (exact) mass is 334 g/mol. The molecule has 1 aliphatic rings. The molecule has 23 heavy (non-hydrogen) atoms. The third kappa shape index (κ3) is 3.57. The average molecular weight is 335 g/mol. The van der Waals surface area contributed by atoms with Crippen LogP contribution in [0.5, 0.6) is 0 Å². The van der Waals surface area contributed by atoms with E-state index in [1.165, 1.54) is 0 Å². The van der Waals surface area contributed by atoms with Gasteiger partial charge in [0.2, 0.25) is 0 Å². The van der Waals surface area contributed by atoms with E-state index in [-0.39, 0.29) is 17.6 Å². The Morgan fingerprint density at radius 2 is 2.35 bits per heavy atom. The number of aromatic nitrogens is 1. The molecule has 1 aromatic carbocycles. The van der Waals surface area contributed by atoms with Crippen LogP contribution in [-0.4, -0.2) is 39.8 Å². The predicted molar refractivity (Wildman–Crippen MR) is 87.3 cm³/mol. The van der Waals surface area contributed by atoms with Crippen LogP contribution >= 0.6 is 11.6 Å². The lowest BCUT2D eigenvalue weighted by molar-refractivity contribution is 0.0672. The van der Waals surface area contributed by atoms with Crippen LogP contribution < -0.4 is 0 Å². The Kier molecular flexibility index (Phi) is 4.68. The minimum absolute atomic E-state index is 0.0637. The third-order valence-electron chi connectivity index (χ3n) is 4.09. The van der Waals surface area contributed by atoms with E-state index >= 15 is 0 Å². The summed E-state index contributed by atoms with van der Waals surface area (Å²) < 4.78 is 5.30. The largest absolute Gasteiger partial charge is 0.393 e. The molecule has 2 aromatic rings. The van der Waals surface area contributed by atoms with Crippen molar-refractivity contribution in [2.24, 2.45) is 0 Å². The number of likely N-dealkylation sites (tertiary alicyclic amines) is 1. The zero-order valence-electron chi connectivity index (χ0n) is 12.9. The van der Waals surface area contributed by atoms with Gasteiger partial charge in [-0.2, -0.15) is 0 Å². The van der Waals surface area contributed by atoms with Crippen LogP contribution in [0.1, 0.15) is 36.7 Å². The molecule has 122 valence electrons. The predicted octanol–water partition coefficient (Wildman–Crippen LogP) is 3.37. The van der Waals surface area contributed by atoms with E-state index in [0.717, 1.165) is 18.4 Å². The van der Waals surface area contributed by atoms with E-state index < -0.39 is 6.10 Å². The lowest BCUT2D eigenvalue weighted by atomic mass is 10.1. The summed E-state index contributed by atoms with van der Waals surface area (Å²) in [4.78, 5) is 14.4. The van der Waals surface area contributed by atoms with Crippen LogP contribution in [0, 0.1) is 0 Å². The molecule has 0 radical (unpaired) electrons. The molecule has 1 aliphatic heterocycles. The van der Waals surface area contributed by atoms with Gasteiger partial charge in [0.15, 0.2) is 11.5 Å². The second kappa shape index (κ2) is 6.72. The first-order valence-corrected chi connectivity index (χ1v) is 8.14. The van der Waals surface area contributed by atoms with Crippen molar-refractivity contribution in [3.05, 3.63) is 41.0 Å². The number of amides is 1. The molecule has 6 heteroatoms. The summed E-state index contributed by atoms with van der Waals surface area (Å²) in [7, 11) is 0. The summed E-state index contributed by atoms with van der Waals surface area (Å²) in [6, 6.07) is 8.92.